The molecule has 0 aliphatic carbocycles. The third-order valence-corrected chi connectivity index (χ3v) is 2.42. The monoisotopic (exact) mass is 198 g/mol. The molecule has 4 heteroatoms. The third-order valence-electron chi connectivity index (χ3n) is 1.78. The fourth-order valence-electron chi connectivity index (χ4n) is 1.00. The summed E-state index contributed by atoms with van der Waals surface area (Å²) in [5.41, 5.74) is 2.17. The first-order valence-corrected chi connectivity index (χ1v) is 4.99. The van der Waals surface area contributed by atoms with E-state index < -0.39 is 11.3 Å². The van der Waals surface area contributed by atoms with Crippen LogP contribution >= 0.6 is 0 Å². The lowest BCUT2D eigenvalue weighted by atomic mass is 10.1. The van der Waals surface area contributed by atoms with E-state index in [1.165, 1.54) is 9.87 Å². The van der Waals surface area contributed by atoms with Gasteiger partial charge in [-0.05, 0) is 19.5 Å². The highest BCUT2D eigenvalue weighted by molar-refractivity contribution is 7.76. The lowest BCUT2D eigenvalue weighted by Gasteiger charge is -2.18. The molecule has 1 aromatic rings. The molecular weight excluding hydrogens is 186 g/mol. The van der Waals surface area contributed by atoms with E-state index >= 15 is 0 Å². The van der Waals surface area contributed by atoms with Crippen LogP contribution in [0.2, 0.25) is 0 Å². The zero-order chi connectivity index (χ0) is 9.84. The van der Waals surface area contributed by atoms with Gasteiger partial charge in [-0.25, -0.2) is 4.31 Å². The number of hydrogen-bond acceptors (Lipinski definition) is 2. The van der Waals surface area contributed by atoms with Crippen molar-refractivity contribution in [3.8, 4) is 0 Å². The first kappa shape index (κ1) is 10.4. The van der Waals surface area contributed by atoms with Crippen molar-refractivity contribution in [3.05, 3.63) is 35.4 Å². The van der Waals surface area contributed by atoms with E-state index in [9.17, 15) is 8.76 Å². The fraction of sp³-hybridized carbons (Fsp3) is 0.333. The Morgan fingerprint density at radius 3 is 2.38 bits per heavy atom. The third kappa shape index (κ3) is 3.26. The van der Waals surface area contributed by atoms with E-state index in [1.807, 2.05) is 31.2 Å². The molecule has 0 saturated heterocycles. The Kier molecular flexibility index (Phi) is 3.59. The van der Waals surface area contributed by atoms with Crippen LogP contribution in [-0.4, -0.2) is 20.1 Å². The van der Waals surface area contributed by atoms with Crippen LogP contribution in [0.4, 0.5) is 0 Å². The number of rotatable bonds is 3. The van der Waals surface area contributed by atoms with Crippen molar-refractivity contribution in [2.75, 3.05) is 7.05 Å². The van der Waals surface area contributed by atoms with E-state index in [1.54, 1.807) is 7.05 Å². The quantitative estimate of drug-likeness (QED) is 0.685. The molecule has 1 aromatic carbocycles. The van der Waals surface area contributed by atoms with Crippen LogP contribution < -0.4 is 0 Å². The number of nitrogens with zero attached hydrogens (tertiary/aromatic N) is 1. The second-order valence-corrected chi connectivity index (χ2v) is 4.05. The van der Waals surface area contributed by atoms with Gasteiger partial charge >= 0.3 is 0 Å². The van der Waals surface area contributed by atoms with Crippen LogP contribution in [0.5, 0.6) is 0 Å². The van der Waals surface area contributed by atoms with Gasteiger partial charge in [-0.2, -0.15) is 0 Å². The average Bonchev–Trinajstić information content (AvgIpc) is 2.08. The van der Waals surface area contributed by atoms with Crippen molar-refractivity contribution in [1.82, 2.24) is 4.31 Å². The van der Waals surface area contributed by atoms with Gasteiger partial charge in [0.1, 0.15) is 0 Å². The van der Waals surface area contributed by atoms with E-state index in [0.717, 1.165) is 5.56 Å². The molecule has 0 heterocycles. The molecular formula is C9H12NO2S-. The molecule has 0 radical (unpaired) electrons. The minimum atomic E-state index is -2.13. The smallest absolute Gasteiger partial charge is 0.0350 e. The predicted octanol–water partition coefficient (Wildman–Crippen LogP) is 1.22. The maximum Gasteiger partial charge on any atom is 0.0350 e. The minimum Gasteiger partial charge on any atom is -0.760 e. The van der Waals surface area contributed by atoms with Gasteiger partial charge in [0.05, 0.1) is 0 Å². The van der Waals surface area contributed by atoms with Crippen molar-refractivity contribution in [3.63, 3.8) is 0 Å². The molecule has 0 aliphatic rings. The van der Waals surface area contributed by atoms with Gasteiger partial charge in [-0.1, -0.05) is 29.8 Å². The summed E-state index contributed by atoms with van der Waals surface area (Å²) in [6.45, 7) is 2.43. The van der Waals surface area contributed by atoms with E-state index in [4.69, 9.17) is 0 Å². The highest BCUT2D eigenvalue weighted by Gasteiger charge is 1.98. The summed E-state index contributed by atoms with van der Waals surface area (Å²) < 4.78 is 22.2. The van der Waals surface area contributed by atoms with Crippen molar-refractivity contribution >= 4 is 11.3 Å². The second-order valence-electron chi connectivity index (χ2n) is 2.99. The molecule has 13 heavy (non-hydrogen) atoms. The molecule has 3 nitrogen and oxygen atoms in total. The Hall–Kier alpha value is -0.710. The van der Waals surface area contributed by atoms with Crippen molar-refractivity contribution in [2.24, 2.45) is 0 Å². The summed E-state index contributed by atoms with van der Waals surface area (Å²) in [5, 5.41) is 0. The zero-order valence-corrected chi connectivity index (χ0v) is 8.50. The Balaban J connectivity index is 2.64. The lowest BCUT2D eigenvalue weighted by Crippen LogP contribution is -2.19. The van der Waals surface area contributed by atoms with Crippen LogP contribution in [0.25, 0.3) is 0 Å². The van der Waals surface area contributed by atoms with Gasteiger partial charge in [-0.15, -0.1) is 0 Å². The van der Waals surface area contributed by atoms with Crippen molar-refractivity contribution in [2.45, 2.75) is 13.5 Å². The van der Waals surface area contributed by atoms with Gasteiger partial charge < -0.3 is 4.55 Å². The highest BCUT2D eigenvalue weighted by atomic mass is 32.2. The molecule has 72 valence electrons. The summed E-state index contributed by atoms with van der Waals surface area (Å²) in [6, 6.07) is 7.80. The highest BCUT2D eigenvalue weighted by Crippen LogP contribution is 2.06. The summed E-state index contributed by atoms with van der Waals surface area (Å²) >= 11 is -2.13. The number of hydrogen-bond donors (Lipinski definition) is 0. The van der Waals surface area contributed by atoms with Gasteiger partial charge in [0.15, 0.2) is 0 Å². The van der Waals surface area contributed by atoms with Crippen molar-refractivity contribution in [1.29, 1.82) is 0 Å². The predicted molar refractivity (Wildman–Crippen MR) is 51.6 cm³/mol. The molecule has 0 amide bonds. The topological polar surface area (TPSA) is 43.4 Å². The molecule has 0 N–H and O–H groups in total. The van der Waals surface area contributed by atoms with Gasteiger partial charge in [0.2, 0.25) is 0 Å². The summed E-state index contributed by atoms with van der Waals surface area (Å²) in [5.74, 6) is 0. The largest absolute Gasteiger partial charge is 0.760 e. The van der Waals surface area contributed by atoms with Crippen LogP contribution in [-0.2, 0) is 17.8 Å². The maximum absolute atomic E-state index is 10.5. The molecule has 0 fully saturated rings. The Morgan fingerprint density at radius 1 is 1.38 bits per heavy atom. The van der Waals surface area contributed by atoms with Crippen molar-refractivity contribution < 1.29 is 8.76 Å². The Labute approximate surface area is 80.8 Å². The molecule has 0 aromatic heterocycles. The molecule has 1 unspecified atom stereocenters. The van der Waals surface area contributed by atoms with Gasteiger partial charge in [-0.3, -0.25) is 4.21 Å². The fourth-order valence-corrected chi connectivity index (χ4v) is 1.26. The van der Waals surface area contributed by atoms with E-state index in [0.29, 0.717) is 6.54 Å². The Bertz CT molecular complexity index is 297. The van der Waals surface area contributed by atoms with Crippen LogP contribution in [0.15, 0.2) is 24.3 Å². The molecule has 0 aliphatic heterocycles. The molecule has 0 spiro atoms. The first-order chi connectivity index (χ1) is 6.09. The summed E-state index contributed by atoms with van der Waals surface area (Å²) in [6.07, 6.45) is 0. The molecule has 1 atom stereocenters. The lowest BCUT2D eigenvalue weighted by molar-refractivity contribution is 0.430. The van der Waals surface area contributed by atoms with Crippen LogP contribution in [0.3, 0.4) is 0 Å². The Morgan fingerprint density at radius 2 is 1.92 bits per heavy atom. The standard InChI is InChI=1S/C9H13NO2S/c1-8-3-5-9(6-4-8)7-10(2)13(11)12/h3-6H,7H2,1-2H3,(H,11,12)/p-1. The molecule has 1 rings (SSSR count). The minimum absolute atomic E-state index is 0.427. The van der Waals surface area contributed by atoms with Gasteiger partial charge in [0, 0.05) is 17.8 Å². The number of benzene rings is 1. The van der Waals surface area contributed by atoms with E-state index in [2.05, 4.69) is 0 Å². The number of aryl methyl sites for hydroxylation is 1. The average molecular weight is 198 g/mol. The zero-order valence-electron chi connectivity index (χ0n) is 7.69. The summed E-state index contributed by atoms with van der Waals surface area (Å²) in [4.78, 5) is 0. The van der Waals surface area contributed by atoms with Crippen LogP contribution in [0, 0.1) is 6.92 Å². The molecule has 0 bridgehead atoms. The van der Waals surface area contributed by atoms with Gasteiger partial charge in [0.25, 0.3) is 0 Å². The first-order valence-electron chi connectivity index (χ1n) is 3.95. The normalized spacial score (nSPS) is 13.2. The summed E-state index contributed by atoms with van der Waals surface area (Å²) in [7, 11) is 1.54. The molecule has 0 saturated carbocycles. The maximum atomic E-state index is 10.5. The SMILES string of the molecule is Cc1ccc(CN(C)S(=O)[O-])cc1. The van der Waals surface area contributed by atoms with Crippen LogP contribution in [0.1, 0.15) is 11.1 Å². The second kappa shape index (κ2) is 4.50. The van der Waals surface area contributed by atoms with E-state index in [-0.39, 0.29) is 0 Å².